The van der Waals surface area contributed by atoms with Gasteiger partial charge in [0.05, 0.1) is 17.5 Å². The van der Waals surface area contributed by atoms with Gasteiger partial charge in [0.2, 0.25) is 0 Å². The molecular formula is C17H24N2O2. The Morgan fingerprint density at radius 2 is 1.95 bits per heavy atom. The highest BCUT2D eigenvalue weighted by atomic mass is 16.5. The number of aliphatic hydroxyl groups is 1. The van der Waals surface area contributed by atoms with E-state index in [0.29, 0.717) is 13.0 Å². The van der Waals surface area contributed by atoms with Crippen LogP contribution in [-0.2, 0) is 26.0 Å². The standard InChI is InChI=1S/C17H24N2O2/c1-4-15-11-16(19(5-2)18-15)12-21-17-8-6-14(7-9-17)10-13(3)20/h6-9,11,13,20H,4-5,10,12H2,1-3H3. The van der Waals surface area contributed by atoms with Crippen molar-refractivity contribution in [1.82, 2.24) is 9.78 Å². The van der Waals surface area contributed by atoms with Crippen LogP contribution in [0.1, 0.15) is 37.7 Å². The van der Waals surface area contributed by atoms with Gasteiger partial charge in [-0.2, -0.15) is 5.10 Å². The summed E-state index contributed by atoms with van der Waals surface area (Å²) >= 11 is 0. The number of hydrogen-bond donors (Lipinski definition) is 1. The van der Waals surface area contributed by atoms with Crippen LogP contribution in [0.5, 0.6) is 5.75 Å². The summed E-state index contributed by atoms with van der Waals surface area (Å²) in [4.78, 5) is 0. The summed E-state index contributed by atoms with van der Waals surface area (Å²) < 4.78 is 7.82. The van der Waals surface area contributed by atoms with Crippen LogP contribution >= 0.6 is 0 Å². The molecule has 0 radical (unpaired) electrons. The lowest BCUT2D eigenvalue weighted by Gasteiger charge is -2.09. The van der Waals surface area contributed by atoms with Crippen molar-refractivity contribution in [3.05, 3.63) is 47.3 Å². The van der Waals surface area contributed by atoms with Crippen LogP contribution in [0.15, 0.2) is 30.3 Å². The van der Waals surface area contributed by atoms with Gasteiger partial charge in [0.15, 0.2) is 0 Å². The highest BCUT2D eigenvalue weighted by Crippen LogP contribution is 2.16. The first-order chi connectivity index (χ1) is 10.1. The first kappa shape index (κ1) is 15.6. The monoisotopic (exact) mass is 288 g/mol. The molecule has 0 amide bonds. The highest BCUT2D eigenvalue weighted by molar-refractivity contribution is 5.28. The number of aliphatic hydroxyl groups excluding tert-OH is 1. The van der Waals surface area contributed by atoms with Gasteiger partial charge in [-0.1, -0.05) is 19.1 Å². The average Bonchev–Trinajstić information content (AvgIpc) is 2.88. The summed E-state index contributed by atoms with van der Waals surface area (Å²) in [6, 6.07) is 9.99. The van der Waals surface area contributed by atoms with E-state index in [1.54, 1.807) is 6.92 Å². The molecule has 1 atom stereocenters. The first-order valence-corrected chi connectivity index (χ1v) is 7.57. The fourth-order valence-corrected chi connectivity index (χ4v) is 2.30. The molecule has 1 unspecified atom stereocenters. The fraction of sp³-hybridized carbons (Fsp3) is 0.471. The Kier molecular flexibility index (Phi) is 5.39. The minimum absolute atomic E-state index is 0.317. The van der Waals surface area contributed by atoms with Crippen LogP contribution in [0, 0.1) is 0 Å². The molecule has 4 heteroatoms. The van der Waals surface area contributed by atoms with Crippen molar-refractivity contribution in [1.29, 1.82) is 0 Å². The van der Waals surface area contributed by atoms with Crippen molar-refractivity contribution in [2.24, 2.45) is 0 Å². The normalized spacial score (nSPS) is 12.4. The molecule has 0 saturated heterocycles. The van der Waals surface area contributed by atoms with Gasteiger partial charge >= 0.3 is 0 Å². The van der Waals surface area contributed by atoms with Gasteiger partial charge in [-0.3, -0.25) is 4.68 Å². The van der Waals surface area contributed by atoms with Crippen molar-refractivity contribution >= 4 is 0 Å². The second kappa shape index (κ2) is 7.27. The third kappa shape index (κ3) is 4.33. The second-order valence-electron chi connectivity index (χ2n) is 5.28. The molecule has 0 saturated carbocycles. The maximum Gasteiger partial charge on any atom is 0.130 e. The van der Waals surface area contributed by atoms with Crippen LogP contribution in [0.4, 0.5) is 0 Å². The Morgan fingerprint density at radius 3 is 2.52 bits per heavy atom. The van der Waals surface area contributed by atoms with Gasteiger partial charge in [0, 0.05) is 6.54 Å². The molecule has 1 heterocycles. The zero-order chi connectivity index (χ0) is 15.2. The number of aromatic nitrogens is 2. The molecule has 1 aromatic carbocycles. The summed E-state index contributed by atoms with van der Waals surface area (Å²) in [6.07, 6.45) is 1.29. The molecule has 21 heavy (non-hydrogen) atoms. The molecule has 2 aromatic rings. The van der Waals surface area contributed by atoms with Crippen molar-refractivity contribution < 1.29 is 9.84 Å². The van der Waals surface area contributed by atoms with Gasteiger partial charge < -0.3 is 9.84 Å². The predicted octanol–water partition coefficient (Wildman–Crippen LogP) is 2.97. The summed E-state index contributed by atoms with van der Waals surface area (Å²) in [5.74, 6) is 0.839. The van der Waals surface area contributed by atoms with Crippen LogP contribution in [0.2, 0.25) is 0 Å². The molecule has 114 valence electrons. The molecule has 0 aliphatic carbocycles. The summed E-state index contributed by atoms with van der Waals surface area (Å²) in [6.45, 7) is 7.36. The topological polar surface area (TPSA) is 47.3 Å². The molecular weight excluding hydrogens is 264 g/mol. The van der Waals surface area contributed by atoms with Crippen molar-refractivity contribution in [2.75, 3.05) is 0 Å². The Labute approximate surface area is 126 Å². The Balaban J connectivity index is 1.98. The Bertz CT molecular complexity index is 559. The van der Waals surface area contributed by atoms with Gasteiger partial charge in [-0.05, 0) is 50.5 Å². The zero-order valence-electron chi connectivity index (χ0n) is 13.0. The van der Waals surface area contributed by atoms with Crippen LogP contribution < -0.4 is 4.74 Å². The zero-order valence-corrected chi connectivity index (χ0v) is 13.0. The lowest BCUT2D eigenvalue weighted by molar-refractivity contribution is 0.195. The molecule has 1 aromatic heterocycles. The molecule has 1 N–H and O–H groups in total. The van der Waals surface area contributed by atoms with Crippen molar-refractivity contribution in [3.8, 4) is 5.75 Å². The number of benzene rings is 1. The summed E-state index contributed by atoms with van der Waals surface area (Å²) in [5, 5.41) is 13.9. The van der Waals surface area contributed by atoms with Crippen LogP contribution in [-0.4, -0.2) is 21.0 Å². The van der Waals surface area contributed by atoms with E-state index in [2.05, 4.69) is 25.0 Å². The van der Waals surface area contributed by atoms with E-state index < -0.39 is 0 Å². The maximum atomic E-state index is 9.37. The number of aryl methyl sites for hydroxylation is 2. The summed E-state index contributed by atoms with van der Waals surface area (Å²) in [5.41, 5.74) is 3.31. The fourth-order valence-electron chi connectivity index (χ4n) is 2.30. The second-order valence-corrected chi connectivity index (χ2v) is 5.28. The number of rotatable bonds is 7. The van der Waals surface area contributed by atoms with Gasteiger partial charge in [0.25, 0.3) is 0 Å². The van der Waals surface area contributed by atoms with E-state index in [4.69, 9.17) is 4.74 Å². The largest absolute Gasteiger partial charge is 0.487 e. The molecule has 4 nitrogen and oxygen atoms in total. The van der Waals surface area contributed by atoms with E-state index in [1.807, 2.05) is 28.9 Å². The molecule has 0 aliphatic rings. The van der Waals surface area contributed by atoms with E-state index in [-0.39, 0.29) is 6.10 Å². The van der Waals surface area contributed by atoms with E-state index in [9.17, 15) is 5.11 Å². The predicted molar refractivity (Wildman–Crippen MR) is 83.4 cm³/mol. The smallest absolute Gasteiger partial charge is 0.130 e. The molecule has 0 fully saturated rings. The summed E-state index contributed by atoms with van der Waals surface area (Å²) in [7, 11) is 0. The van der Waals surface area contributed by atoms with Crippen LogP contribution in [0.25, 0.3) is 0 Å². The maximum absolute atomic E-state index is 9.37. The van der Waals surface area contributed by atoms with Gasteiger partial charge in [-0.15, -0.1) is 0 Å². The van der Waals surface area contributed by atoms with E-state index in [1.165, 1.54) is 0 Å². The first-order valence-electron chi connectivity index (χ1n) is 7.57. The number of ether oxygens (including phenoxy) is 1. The SMILES string of the molecule is CCc1cc(COc2ccc(CC(C)O)cc2)n(CC)n1. The molecule has 0 aliphatic heterocycles. The molecule has 2 rings (SSSR count). The van der Waals surface area contributed by atoms with E-state index >= 15 is 0 Å². The Morgan fingerprint density at radius 1 is 1.24 bits per heavy atom. The quantitative estimate of drug-likeness (QED) is 0.852. The lowest BCUT2D eigenvalue weighted by atomic mass is 10.1. The average molecular weight is 288 g/mol. The Hall–Kier alpha value is -1.81. The highest BCUT2D eigenvalue weighted by Gasteiger charge is 2.06. The number of hydrogen-bond acceptors (Lipinski definition) is 3. The minimum Gasteiger partial charge on any atom is -0.487 e. The van der Waals surface area contributed by atoms with Crippen molar-refractivity contribution in [2.45, 2.75) is 52.9 Å². The number of nitrogens with zero attached hydrogens (tertiary/aromatic N) is 2. The lowest BCUT2D eigenvalue weighted by Crippen LogP contribution is -2.06. The van der Waals surface area contributed by atoms with Gasteiger partial charge in [0.1, 0.15) is 12.4 Å². The third-order valence-corrected chi connectivity index (χ3v) is 3.42. The van der Waals surface area contributed by atoms with Crippen LogP contribution in [0.3, 0.4) is 0 Å². The molecule has 0 spiro atoms. The van der Waals surface area contributed by atoms with Gasteiger partial charge in [-0.25, -0.2) is 0 Å². The third-order valence-electron chi connectivity index (χ3n) is 3.42. The molecule has 0 bridgehead atoms. The van der Waals surface area contributed by atoms with E-state index in [0.717, 1.165) is 35.7 Å². The van der Waals surface area contributed by atoms with Crippen molar-refractivity contribution in [3.63, 3.8) is 0 Å². The minimum atomic E-state index is -0.317.